The first-order valence-corrected chi connectivity index (χ1v) is 7.94. The van der Waals surface area contributed by atoms with Crippen LogP contribution in [0, 0.1) is 0 Å². The van der Waals surface area contributed by atoms with E-state index in [9.17, 15) is 19.5 Å². The number of furan rings is 1. The van der Waals surface area contributed by atoms with Crippen LogP contribution in [0.3, 0.4) is 0 Å². The lowest BCUT2D eigenvalue weighted by atomic mass is 9.96. The summed E-state index contributed by atoms with van der Waals surface area (Å²) in [5, 5.41) is 11.6. The first-order chi connectivity index (χ1) is 10.7. The third kappa shape index (κ3) is 2.44. The van der Waals surface area contributed by atoms with Crippen LogP contribution in [0.25, 0.3) is 0 Å². The molecular formula is C14H17N3O5S. The number of carboxylic acid groups (broad SMARTS) is 1. The van der Waals surface area contributed by atoms with Crippen molar-refractivity contribution in [3.8, 4) is 0 Å². The fourth-order valence-corrected chi connectivity index (χ4v) is 4.66. The van der Waals surface area contributed by atoms with Crippen LogP contribution in [0.5, 0.6) is 0 Å². The van der Waals surface area contributed by atoms with Gasteiger partial charge in [-0.05, 0) is 19.9 Å². The molecule has 2 fully saturated rings. The molecule has 0 radical (unpaired) electrons. The lowest BCUT2D eigenvalue weighted by Gasteiger charge is -2.43. The molecule has 3 atom stereocenters. The van der Waals surface area contributed by atoms with E-state index in [2.05, 4.69) is 5.32 Å². The number of aliphatic carboxylic acids is 1. The number of nitrogen functional groups attached to an aromatic ring is 1. The Morgan fingerprint density at radius 2 is 2.22 bits per heavy atom. The lowest BCUT2D eigenvalue weighted by Crippen LogP contribution is -2.70. The Labute approximate surface area is 136 Å². The second-order valence-electron chi connectivity index (χ2n) is 6.13. The number of hydrogen-bond acceptors (Lipinski definition) is 6. The molecule has 2 saturated heterocycles. The minimum Gasteiger partial charge on any atom is -0.480 e. The Bertz CT molecular complexity index is 686. The number of hydrogen-bond donors (Lipinski definition) is 3. The SMILES string of the molecule is CC1(C)S[C@@H]2[C@H](NC(=O)Cc3ccoc3N)C(=O)N2[C@H]1C(=O)O. The highest BCUT2D eigenvalue weighted by Crippen LogP contribution is 2.50. The van der Waals surface area contributed by atoms with Crippen molar-refractivity contribution in [1.82, 2.24) is 10.2 Å². The average Bonchev–Trinajstić information content (AvgIpc) is 2.95. The Kier molecular flexibility index (Phi) is 3.55. The van der Waals surface area contributed by atoms with E-state index in [0.717, 1.165) is 0 Å². The van der Waals surface area contributed by atoms with Crippen molar-refractivity contribution >= 4 is 35.4 Å². The molecule has 0 saturated carbocycles. The van der Waals surface area contributed by atoms with Crippen molar-refractivity contribution in [1.29, 1.82) is 0 Å². The molecule has 0 aromatic carbocycles. The van der Waals surface area contributed by atoms with E-state index >= 15 is 0 Å². The van der Waals surface area contributed by atoms with Crippen molar-refractivity contribution in [2.24, 2.45) is 0 Å². The van der Waals surface area contributed by atoms with Gasteiger partial charge < -0.3 is 25.5 Å². The van der Waals surface area contributed by atoms with Crippen LogP contribution in [0.2, 0.25) is 0 Å². The highest BCUT2D eigenvalue weighted by atomic mass is 32.2. The number of carbonyl (C=O) groups is 3. The monoisotopic (exact) mass is 339 g/mol. The standard InChI is InChI=1S/C14H17N3O5S/c1-14(2)9(13(20)21)17-11(19)8(12(17)23-14)16-7(18)5-6-3-4-22-10(6)15/h3-4,8-9,12H,5,15H2,1-2H3,(H,16,18)(H,20,21)/t8-,9+,12-/m1/s1. The molecule has 1 aromatic rings. The molecule has 0 aliphatic carbocycles. The van der Waals surface area contributed by atoms with Gasteiger partial charge in [0.15, 0.2) is 5.88 Å². The maximum absolute atomic E-state index is 12.2. The predicted molar refractivity (Wildman–Crippen MR) is 82.5 cm³/mol. The van der Waals surface area contributed by atoms with Crippen LogP contribution < -0.4 is 11.1 Å². The molecule has 2 aliphatic rings. The molecular weight excluding hydrogens is 322 g/mol. The smallest absolute Gasteiger partial charge is 0.327 e. The molecule has 4 N–H and O–H groups in total. The van der Waals surface area contributed by atoms with Crippen LogP contribution in [0.15, 0.2) is 16.7 Å². The lowest BCUT2D eigenvalue weighted by molar-refractivity contribution is -0.161. The molecule has 2 aliphatic heterocycles. The van der Waals surface area contributed by atoms with E-state index in [0.29, 0.717) is 5.56 Å². The summed E-state index contributed by atoms with van der Waals surface area (Å²) < 4.78 is 4.31. The number of β-lactam (4-membered cyclic amide) rings is 1. The van der Waals surface area contributed by atoms with Crippen molar-refractivity contribution in [2.45, 2.75) is 42.5 Å². The van der Waals surface area contributed by atoms with Crippen molar-refractivity contribution < 1.29 is 23.9 Å². The van der Waals surface area contributed by atoms with Crippen molar-refractivity contribution in [2.75, 3.05) is 5.73 Å². The van der Waals surface area contributed by atoms with Gasteiger partial charge in [-0.1, -0.05) is 0 Å². The molecule has 0 unspecified atom stereocenters. The Balaban J connectivity index is 1.68. The predicted octanol–water partition coefficient (Wildman–Crippen LogP) is 0.0360. The Morgan fingerprint density at radius 1 is 1.52 bits per heavy atom. The highest BCUT2D eigenvalue weighted by molar-refractivity contribution is 8.01. The maximum Gasteiger partial charge on any atom is 0.327 e. The van der Waals surface area contributed by atoms with Gasteiger partial charge in [0.05, 0.1) is 12.7 Å². The summed E-state index contributed by atoms with van der Waals surface area (Å²) in [4.78, 5) is 37.1. The first kappa shape index (κ1) is 15.7. The number of nitrogens with two attached hydrogens (primary N) is 1. The fraction of sp³-hybridized carbons (Fsp3) is 0.500. The van der Waals surface area contributed by atoms with Crippen LogP contribution in [0.1, 0.15) is 19.4 Å². The summed E-state index contributed by atoms with van der Waals surface area (Å²) >= 11 is 1.39. The zero-order valence-corrected chi connectivity index (χ0v) is 13.4. The number of nitrogens with zero attached hydrogens (tertiary/aromatic N) is 1. The molecule has 9 heteroatoms. The molecule has 23 heavy (non-hydrogen) atoms. The zero-order chi connectivity index (χ0) is 16.9. The number of thioether (sulfide) groups is 1. The number of rotatable bonds is 4. The van der Waals surface area contributed by atoms with Gasteiger partial charge in [-0.15, -0.1) is 11.8 Å². The quantitative estimate of drug-likeness (QED) is 0.661. The Hall–Kier alpha value is -2.16. The molecule has 3 rings (SSSR count). The normalized spacial score (nSPS) is 28.2. The number of carbonyl (C=O) groups excluding carboxylic acids is 2. The summed E-state index contributed by atoms with van der Waals surface area (Å²) in [6.45, 7) is 3.57. The van der Waals surface area contributed by atoms with Gasteiger partial charge in [-0.3, -0.25) is 9.59 Å². The highest BCUT2D eigenvalue weighted by Gasteiger charge is 2.64. The van der Waals surface area contributed by atoms with Gasteiger partial charge in [-0.2, -0.15) is 0 Å². The van der Waals surface area contributed by atoms with Crippen LogP contribution in [-0.2, 0) is 20.8 Å². The molecule has 2 amide bonds. The molecule has 8 nitrogen and oxygen atoms in total. The third-order valence-electron chi connectivity index (χ3n) is 4.12. The van der Waals surface area contributed by atoms with Gasteiger partial charge >= 0.3 is 5.97 Å². The number of nitrogens with one attached hydrogen (secondary N) is 1. The van der Waals surface area contributed by atoms with E-state index in [1.807, 2.05) is 0 Å². The number of fused-ring (bicyclic) bond motifs is 1. The molecule has 1 aromatic heterocycles. The van der Waals surface area contributed by atoms with Crippen molar-refractivity contribution in [3.63, 3.8) is 0 Å². The van der Waals surface area contributed by atoms with Crippen LogP contribution in [0.4, 0.5) is 5.88 Å². The molecule has 3 heterocycles. The van der Waals surface area contributed by atoms with E-state index in [4.69, 9.17) is 10.2 Å². The van der Waals surface area contributed by atoms with Gasteiger partial charge in [-0.25, -0.2) is 4.79 Å². The molecule has 124 valence electrons. The second-order valence-corrected chi connectivity index (χ2v) is 7.90. The first-order valence-electron chi connectivity index (χ1n) is 7.06. The molecule has 0 bridgehead atoms. The van der Waals surface area contributed by atoms with Crippen molar-refractivity contribution in [3.05, 3.63) is 17.9 Å². The minimum absolute atomic E-state index is 0.00918. The van der Waals surface area contributed by atoms with Crippen LogP contribution in [-0.4, -0.2) is 50.0 Å². The summed E-state index contributed by atoms with van der Waals surface area (Å²) in [5.41, 5.74) is 6.12. The van der Waals surface area contributed by atoms with E-state index in [1.54, 1.807) is 19.9 Å². The van der Waals surface area contributed by atoms with Gasteiger partial charge in [0.1, 0.15) is 17.5 Å². The van der Waals surface area contributed by atoms with Gasteiger partial charge in [0, 0.05) is 10.3 Å². The topological polar surface area (TPSA) is 126 Å². The number of anilines is 1. The van der Waals surface area contributed by atoms with E-state index in [-0.39, 0.29) is 29.5 Å². The number of carboxylic acids is 1. The summed E-state index contributed by atoms with van der Waals surface area (Å²) in [5.74, 6) is -1.58. The zero-order valence-electron chi connectivity index (χ0n) is 12.6. The van der Waals surface area contributed by atoms with Gasteiger partial charge in [0.2, 0.25) is 11.8 Å². The summed E-state index contributed by atoms with van der Waals surface area (Å²) in [6.07, 6.45) is 1.40. The average molecular weight is 339 g/mol. The fourth-order valence-electron chi connectivity index (χ4n) is 3.04. The van der Waals surface area contributed by atoms with E-state index in [1.165, 1.54) is 22.9 Å². The third-order valence-corrected chi connectivity index (χ3v) is 5.69. The van der Waals surface area contributed by atoms with E-state index < -0.39 is 22.8 Å². The summed E-state index contributed by atoms with van der Waals surface area (Å²) in [7, 11) is 0. The minimum atomic E-state index is -1.03. The largest absolute Gasteiger partial charge is 0.480 e. The summed E-state index contributed by atoms with van der Waals surface area (Å²) in [6, 6.07) is 0.00413. The Morgan fingerprint density at radius 3 is 2.78 bits per heavy atom. The van der Waals surface area contributed by atoms with Gasteiger partial charge in [0.25, 0.3) is 0 Å². The maximum atomic E-state index is 12.2. The second kappa shape index (κ2) is 5.19. The van der Waals surface area contributed by atoms with Crippen LogP contribution >= 0.6 is 11.8 Å². The number of amides is 2. The molecule has 0 spiro atoms.